The Hall–Kier alpha value is -1.41. The maximum atomic E-state index is 12.2. The molecule has 0 N–H and O–H groups in total. The molecule has 0 aromatic heterocycles. The van der Waals surface area contributed by atoms with Crippen molar-refractivity contribution in [3.8, 4) is 0 Å². The maximum Gasteiger partial charge on any atom is 0.238 e. The first kappa shape index (κ1) is 17.0. The standard InChI is InChI=1S/C14H17BrN2O4S/c1-11(18)16-6-8-17(9-7-16)14(19)10-22(20,21)13-4-2-12(15)3-5-13/h2-5H,6-10H2,1H3. The smallest absolute Gasteiger partial charge is 0.238 e. The molecule has 1 heterocycles. The molecular formula is C14H17BrN2O4S. The molecule has 8 heteroatoms. The van der Waals surface area contributed by atoms with Gasteiger partial charge >= 0.3 is 0 Å². The highest BCUT2D eigenvalue weighted by molar-refractivity contribution is 9.10. The van der Waals surface area contributed by atoms with Crippen molar-refractivity contribution in [1.29, 1.82) is 0 Å². The first-order chi connectivity index (χ1) is 10.3. The number of nitrogens with zero attached hydrogens (tertiary/aromatic N) is 2. The molecule has 1 saturated heterocycles. The number of rotatable bonds is 3. The summed E-state index contributed by atoms with van der Waals surface area (Å²) in [5, 5.41) is 0. The number of benzene rings is 1. The first-order valence-corrected chi connectivity index (χ1v) is 9.26. The molecule has 0 bridgehead atoms. The van der Waals surface area contributed by atoms with Gasteiger partial charge in [-0.05, 0) is 24.3 Å². The molecule has 1 aliphatic rings. The highest BCUT2D eigenvalue weighted by atomic mass is 79.9. The number of piperazine rings is 1. The van der Waals surface area contributed by atoms with E-state index in [2.05, 4.69) is 15.9 Å². The zero-order valence-corrected chi connectivity index (χ0v) is 14.6. The van der Waals surface area contributed by atoms with E-state index in [-0.39, 0.29) is 10.8 Å². The van der Waals surface area contributed by atoms with Crippen LogP contribution in [0.2, 0.25) is 0 Å². The Labute approximate surface area is 138 Å². The van der Waals surface area contributed by atoms with Crippen LogP contribution in [-0.4, -0.2) is 62.0 Å². The zero-order valence-electron chi connectivity index (χ0n) is 12.2. The highest BCUT2D eigenvalue weighted by Gasteiger charge is 2.27. The Morgan fingerprint density at radius 3 is 2.05 bits per heavy atom. The van der Waals surface area contributed by atoms with E-state index in [0.29, 0.717) is 26.2 Å². The molecule has 22 heavy (non-hydrogen) atoms. The van der Waals surface area contributed by atoms with Crippen molar-refractivity contribution in [1.82, 2.24) is 9.80 Å². The van der Waals surface area contributed by atoms with Crippen LogP contribution in [0.25, 0.3) is 0 Å². The van der Waals surface area contributed by atoms with E-state index in [1.54, 1.807) is 17.0 Å². The fourth-order valence-electron chi connectivity index (χ4n) is 2.25. The fourth-order valence-corrected chi connectivity index (χ4v) is 3.74. The second-order valence-electron chi connectivity index (χ2n) is 5.10. The van der Waals surface area contributed by atoms with Crippen molar-refractivity contribution < 1.29 is 18.0 Å². The van der Waals surface area contributed by atoms with Crippen LogP contribution in [0, 0.1) is 0 Å². The number of hydrogen-bond acceptors (Lipinski definition) is 4. The number of sulfone groups is 1. The summed E-state index contributed by atoms with van der Waals surface area (Å²) in [4.78, 5) is 26.7. The molecule has 1 aromatic rings. The number of halogens is 1. The van der Waals surface area contributed by atoms with Gasteiger partial charge in [-0.15, -0.1) is 0 Å². The summed E-state index contributed by atoms with van der Waals surface area (Å²) in [6.45, 7) is 3.11. The van der Waals surface area contributed by atoms with Gasteiger partial charge in [0, 0.05) is 37.6 Å². The Balaban J connectivity index is 2.00. The van der Waals surface area contributed by atoms with Gasteiger partial charge in [0.05, 0.1) is 4.90 Å². The minimum atomic E-state index is -3.65. The van der Waals surface area contributed by atoms with Crippen LogP contribution in [0.4, 0.5) is 0 Å². The van der Waals surface area contributed by atoms with Gasteiger partial charge in [-0.25, -0.2) is 8.42 Å². The molecule has 0 spiro atoms. The predicted molar refractivity (Wildman–Crippen MR) is 85.0 cm³/mol. The number of carbonyl (C=O) groups is 2. The van der Waals surface area contributed by atoms with Gasteiger partial charge in [-0.1, -0.05) is 15.9 Å². The summed E-state index contributed by atoms with van der Waals surface area (Å²) in [5.74, 6) is -1.00. The van der Waals surface area contributed by atoms with Crippen molar-refractivity contribution in [2.24, 2.45) is 0 Å². The second-order valence-corrected chi connectivity index (χ2v) is 8.01. The van der Waals surface area contributed by atoms with Gasteiger partial charge in [-0.2, -0.15) is 0 Å². The van der Waals surface area contributed by atoms with Crippen LogP contribution < -0.4 is 0 Å². The van der Waals surface area contributed by atoms with Crippen LogP contribution in [0.5, 0.6) is 0 Å². The monoisotopic (exact) mass is 388 g/mol. The van der Waals surface area contributed by atoms with Gasteiger partial charge in [0.2, 0.25) is 11.8 Å². The van der Waals surface area contributed by atoms with Crippen LogP contribution in [0.1, 0.15) is 6.92 Å². The molecule has 6 nitrogen and oxygen atoms in total. The zero-order chi connectivity index (χ0) is 16.3. The highest BCUT2D eigenvalue weighted by Crippen LogP contribution is 2.16. The van der Waals surface area contributed by atoms with Crippen molar-refractivity contribution in [2.75, 3.05) is 31.9 Å². The van der Waals surface area contributed by atoms with Crippen LogP contribution >= 0.6 is 15.9 Å². The summed E-state index contributed by atoms with van der Waals surface area (Å²) in [6.07, 6.45) is 0. The molecular weight excluding hydrogens is 372 g/mol. The average Bonchev–Trinajstić information content (AvgIpc) is 2.47. The molecule has 0 unspecified atom stereocenters. The number of hydrogen-bond donors (Lipinski definition) is 0. The van der Waals surface area contributed by atoms with Crippen LogP contribution in [0.3, 0.4) is 0 Å². The summed E-state index contributed by atoms with van der Waals surface area (Å²) >= 11 is 3.24. The van der Waals surface area contributed by atoms with E-state index in [0.717, 1.165) is 4.47 Å². The Kier molecular flexibility index (Phi) is 5.23. The van der Waals surface area contributed by atoms with E-state index in [1.807, 2.05) is 0 Å². The fraction of sp³-hybridized carbons (Fsp3) is 0.429. The summed E-state index contributed by atoms with van der Waals surface area (Å²) in [5.41, 5.74) is 0. The van der Waals surface area contributed by atoms with Gasteiger partial charge < -0.3 is 9.80 Å². The lowest BCUT2D eigenvalue weighted by Crippen LogP contribution is -2.51. The molecule has 1 aromatic carbocycles. The molecule has 1 aliphatic heterocycles. The third-order valence-electron chi connectivity index (χ3n) is 3.56. The normalized spacial score (nSPS) is 15.7. The molecule has 0 atom stereocenters. The second kappa shape index (κ2) is 6.78. The summed E-state index contributed by atoms with van der Waals surface area (Å²) in [6, 6.07) is 6.20. The minimum Gasteiger partial charge on any atom is -0.339 e. The largest absolute Gasteiger partial charge is 0.339 e. The topological polar surface area (TPSA) is 74.8 Å². The molecule has 1 fully saturated rings. The molecule has 0 radical (unpaired) electrons. The van der Waals surface area contributed by atoms with Crippen molar-refractivity contribution in [3.05, 3.63) is 28.7 Å². The number of carbonyl (C=O) groups excluding carboxylic acids is 2. The van der Waals surface area contributed by atoms with Gasteiger partial charge in [0.1, 0.15) is 5.75 Å². The lowest BCUT2D eigenvalue weighted by Gasteiger charge is -2.34. The molecule has 0 aliphatic carbocycles. The molecule has 120 valence electrons. The van der Waals surface area contributed by atoms with Crippen molar-refractivity contribution in [2.45, 2.75) is 11.8 Å². The SMILES string of the molecule is CC(=O)N1CCN(C(=O)CS(=O)(=O)c2ccc(Br)cc2)CC1. The lowest BCUT2D eigenvalue weighted by atomic mass is 10.3. The maximum absolute atomic E-state index is 12.2. The van der Waals surface area contributed by atoms with E-state index in [1.165, 1.54) is 24.0 Å². The Morgan fingerprint density at radius 1 is 1.05 bits per heavy atom. The van der Waals surface area contributed by atoms with Crippen molar-refractivity contribution >= 4 is 37.6 Å². The number of amides is 2. The molecule has 0 saturated carbocycles. The van der Waals surface area contributed by atoms with Crippen molar-refractivity contribution in [3.63, 3.8) is 0 Å². The third-order valence-corrected chi connectivity index (χ3v) is 5.71. The first-order valence-electron chi connectivity index (χ1n) is 6.81. The molecule has 2 amide bonds. The minimum absolute atomic E-state index is 0.0328. The van der Waals surface area contributed by atoms with Crippen LogP contribution in [-0.2, 0) is 19.4 Å². The van der Waals surface area contributed by atoms with E-state index in [4.69, 9.17) is 0 Å². The van der Waals surface area contributed by atoms with E-state index in [9.17, 15) is 18.0 Å². The van der Waals surface area contributed by atoms with E-state index >= 15 is 0 Å². The Morgan fingerprint density at radius 2 is 1.55 bits per heavy atom. The average molecular weight is 389 g/mol. The Bertz CT molecular complexity index is 665. The predicted octanol–water partition coefficient (Wildman–Crippen LogP) is 0.914. The molecule has 2 rings (SSSR count). The van der Waals surface area contributed by atoms with Gasteiger partial charge in [0.15, 0.2) is 9.84 Å². The quantitative estimate of drug-likeness (QED) is 0.771. The van der Waals surface area contributed by atoms with E-state index < -0.39 is 21.5 Å². The van der Waals surface area contributed by atoms with Crippen LogP contribution in [0.15, 0.2) is 33.6 Å². The summed E-state index contributed by atoms with van der Waals surface area (Å²) in [7, 11) is -3.65. The van der Waals surface area contributed by atoms with Gasteiger partial charge in [-0.3, -0.25) is 9.59 Å². The third kappa shape index (κ3) is 4.07. The lowest BCUT2D eigenvalue weighted by molar-refractivity contribution is -0.136. The van der Waals surface area contributed by atoms with Gasteiger partial charge in [0.25, 0.3) is 0 Å². The summed E-state index contributed by atoms with van der Waals surface area (Å²) < 4.78 is 25.3.